The van der Waals surface area contributed by atoms with Crippen LogP contribution in [0.1, 0.15) is 22.6 Å². The lowest BCUT2D eigenvalue weighted by atomic mass is 9.82. The number of nitrogens with zero attached hydrogens (tertiary/aromatic N) is 5. The Labute approximate surface area is 225 Å². The predicted molar refractivity (Wildman–Crippen MR) is 152 cm³/mol. The van der Waals surface area contributed by atoms with Crippen LogP contribution >= 0.6 is 0 Å². The zero-order valence-electron chi connectivity index (χ0n) is 21.4. The Kier molecular flexibility index (Phi) is 5.58. The topological polar surface area (TPSA) is 159 Å². The lowest BCUT2D eigenvalue weighted by Crippen LogP contribution is -2.41. The molecule has 198 valence electrons. The molecule has 6 aromatic rings. The molecule has 1 atom stereocenters. The van der Waals surface area contributed by atoms with E-state index in [9.17, 15) is 24.8 Å². The van der Waals surface area contributed by atoms with Crippen LogP contribution in [0, 0.1) is 10.1 Å². The SMILES string of the molecule is Cn1c(N)c(C(c2ccc([N+](=O)[O-])cc2)c2c(O)c3ccccc3c3nc4ccccc4nc23)c(=O)n(C)c1=O. The van der Waals surface area contributed by atoms with E-state index in [4.69, 9.17) is 15.7 Å². The molecule has 0 bridgehead atoms. The van der Waals surface area contributed by atoms with Crippen LogP contribution in [0.25, 0.3) is 32.8 Å². The third kappa shape index (κ3) is 3.59. The molecular formula is C29H22N6O5. The van der Waals surface area contributed by atoms with E-state index in [0.717, 1.165) is 9.13 Å². The zero-order chi connectivity index (χ0) is 28.3. The van der Waals surface area contributed by atoms with Gasteiger partial charge >= 0.3 is 5.69 Å². The lowest BCUT2D eigenvalue weighted by Gasteiger charge is -2.24. The van der Waals surface area contributed by atoms with Crippen molar-refractivity contribution in [2.24, 2.45) is 14.1 Å². The number of hydrogen-bond donors (Lipinski definition) is 2. The van der Waals surface area contributed by atoms with Gasteiger partial charge in [0.1, 0.15) is 11.6 Å². The van der Waals surface area contributed by atoms with Crippen molar-refractivity contribution in [3.63, 3.8) is 0 Å². The van der Waals surface area contributed by atoms with E-state index in [1.165, 1.54) is 38.4 Å². The molecule has 6 rings (SSSR count). The quantitative estimate of drug-likeness (QED) is 0.150. The van der Waals surface area contributed by atoms with E-state index in [1.807, 2.05) is 30.3 Å². The molecule has 3 N–H and O–H groups in total. The van der Waals surface area contributed by atoms with E-state index in [1.54, 1.807) is 18.2 Å². The van der Waals surface area contributed by atoms with Gasteiger partial charge in [-0.3, -0.25) is 24.0 Å². The number of phenolic OH excluding ortho intramolecular Hbond substituents is 1. The van der Waals surface area contributed by atoms with Crippen molar-refractivity contribution in [3.8, 4) is 5.75 Å². The Morgan fingerprint density at radius 2 is 1.40 bits per heavy atom. The van der Waals surface area contributed by atoms with Crippen molar-refractivity contribution in [1.29, 1.82) is 0 Å². The molecule has 1 unspecified atom stereocenters. The zero-order valence-corrected chi connectivity index (χ0v) is 21.4. The maximum Gasteiger partial charge on any atom is 0.332 e. The fraction of sp³-hybridized carbons (Fsp3) is 0.103. The summed E-state index contributed by atoms with van der Waals surface area (Å²) in [6.07, 6.45) is 0. The van der Waals surface area contributed by atoms with Gasteiger partial charge in [-0.15, -0.1) is 0 Å². The molecule has 11 nitrogen and oxygen atoms in total. The highest BCUT2D eigenvalue weighted by molar-refractivity contribution is 6.11. The monoisotopic (exact) mass is 534 g/mol. The highest BCUT2D eigenvalue weighted by atomic mass is 16.6. The first-order valence-electron chi connectivity index (χ1n) is 12.3. The maximum atomic E-state index is 13.7. The molecule has 0 aliphatic heterocycles. The van der Waals surface area contributed by atoms with Crippen molar-refractivity contribution < 1.29 is 10.0 Å². The van der Waals surface area contributed by atoms with Crippen molar-refractivity contribution in [2.45, 2.75) is 5.92 Å². The van der Waals surface area contributed by atoms with Crippen LogP contribution in [0.2, 0.25) is 0 Å². The van der Waals surface area contributed by atoms with Crippen LogP contribution in [-0.2, 0) is 14.1 Å². The van der Waals surface area contributed by atoms with Crippen molar-refractivity contribution >= 4 is 44.3 Å². The normalized spacial score (nSPS) is 12.2. The van der Waals surface area contributed by atoms with Gasteiger partial charge in [-0.1, -0.05) is 48.5 Å². The van der Waals surface area contributed by atoms with Crippen LogP contribution in [-0.4, -0.2) is 29.1 Å². The summed E-state index contributed by atoms with van der Waals surface area (Å²) in [6, 6.07) is 20.1. The first-order valence-corrected chi connectivity index (χ1v) is 12.3. The number of fused-ring (bicyclic) bond motifs is 4. The molecule has 0 aliphatic carbocycles. The number of para-hydroxylation sites is 2. The number of benzene rings is 4. The predicted octanol–water partition coefficient (Wildman–Crippen LogP) is 3.71. The average molecular weight is 535 g/mol. The van der Waals surface area contributed by atoms with Gasteiger partial charge < -0.3 is 10.8 Å². The van der Waals surface area contributed by atoms with E-state index in [-0.39, 0.29) is 28.4 Å². The molecule has 0 aliphatic rings. The number of nitro groups is 1. The van der Waals surface area contributed by atoms with Crippen LogP contribution in [0.4, 0.5) is 11.5 Å². The van der Waals surface area contributed by atoms with Gasteiger partial charge in [0, 0.05) is 48.5 Å². The number of nitrogen functional groups attached to an aromatic ring is 1. The number of phenols is 1. The third-order valence-electron chi connectivity index (χ3n) is 7.28. The van der Waals surface area contributed by atoms with Gasteiger partial charge in [-0.25, -0.2) is 14.8 Å². The van der Waals surface area contributed by atoms with Gasteiger partial charge in [0.15, 0.2) is 0 Å². The molecule has 2 aromatic heterocycles. The molecule has 40 heavy (non-hydrogen) atoms. The van der Waals surface area contributed by atoms with Crippen LogP contribution in [0.3, 0.4) is 0 Å². The smallest absolute Gasteiger partial charge is 0.332 e. The fourth-order valence-electron chi connectivity index (χ4n) is 5.23. The first-order chi connectivity index (χ1) is 19.2. The molecule has 0 fully saturated rings. The Hall–Kier alpha value is -5.58. The molecule has 0 radical (unpaired) electrons. The van der Waals surface area contributed by atoms with Gasteiger partial charge in [0.05, 0.1) is 32.6 Å². The number of hydrogen-bond acceptors (Lipinski definition) is 8. The molecule has 4 aromatic carbocycles. The highest BCUT2D eigenvalue weighted by Crippen LogP contribution is 2.45. The second-order valence-corrected chi connectivity index (χ2v) is 9.50. The molecule has 0 spiro atoms. The minimum Gasteiger partial charge on any atom is -0.507 e. The maximum absolute atomic E-state index is 13.7. The number of non-ortho nitro benzene ring substituents is 1. The molecule has 0 saturated heterocycles. The minimum absolute atomic E-state index is 0.0142. The summed E-state index contributed by atoms with van der Waals surface area (Å²) in [5.74, 6) is -1.31. The summed E-state index contributed by atoms with van der Waals surface area (Å²) >= 11 is 0. The number of anilines is 1. The largest absolute Gasteiger partial charge is 0.507 e. The summed E-state index contributed by atoms with van der Waals surface area (Å²) in [6.45, 7) is 0. The van der Waals surface area contributed by atoms with Crippen molar-refractivity contribution in [3.05, 3.63) is 120 Å². The highest BCUT2D eigenvalue weighted by Gasteiger charge is 2.32. The fourth-order valence-corrected chi connectivity index (χ4v) is 5.23. The summed E-state index contributed by atoms with van der Waals surface area (Å²) in [7, 11) is 2.78. The Balaban J connectivity index is 1.84. The lowest BCUT2D eigenvalue weighted by molar-refractivity contribution is -0.384. The Bertz CT molecular complexity index is 2130. The molecule has 2 heterocycles. The minimum atomic E-state index is -1.06. The van der Waals surface area contributed by atoms with Crippen molar-refractivity contribution in [1.82, 2.24) is 19.1 Å². The van der Waals surface area contributed by atoms with E-state index in [0.29, 0.717) is 38.4 Å². The summed E-state index contributed by atoms with van der Waals surface area (Å²) in [5.41, 5.74) is 7.70. The standard InChI is InChI=1S/C29H22N6O5/c1-33-27(30)23(28(37)34(2)29(33)38)21(15-11-13-16(14-12-15)35(39)40)22-25-24(17-7-3-4-8-18(17)26(22)36)31-19-9-5-6-10-20(19)32-25/h3-14,21,36H,30H2,1-2H3. The second-order valence-electron chi connectivity index (χ2n) is 9.50. The van der Waals surface area contributed by atoms with Crippen molar-refractivity contribution in [2.75, 3.05) is 5.73 Å². The second kappa shape index (κ2) is 9.02. The number of aromatic hydroxyl groups is 1. The van der Waals surface area contributed by atoms with Crippen LogP contribution in [0.15, 0.2) is 82.4 Å². The van der Waals surface area contributed by atoms with Gasteiger partial charge in [-0.05, 0) is 17.7 Å². The summed E-state index contributed by atoms with van der Waals surface area (Å²) in [5, 5.41) is 24.4. The molecule has 0 amide bonds. The number of nitro benzene ring substituents is 1. The van der Waals surface area contributed by atoms with Gasteiger partial charge in [0.25, 0.3) is 11.2 Å². The third-order valence-corrected chi connectivity index (χ3v) is 7.28. The van der Waals surface area contributed by atoms with Gasteiger partial charge in [-0.2, -0.15) is 0 Å². The first kappa shape index (κ1) is 24.7. The number of aromatic nitrogens is 4. The Morgan fingerprint density at radius 3 is 2.02 bits per heavy atom. The van der Waals surface area contributed by atoms with Crippen LogP contribution in [0.5, 0.6) is 5.75 Å². The van der Waals surface area contributed by atoms with Crippen LogP contribution < -0.4 is 17.0 Å². The van der Waals surface area contributed by atoms with Gasteiger partial charge in [0.2, 0.25) is 0 Å². The Morgan fingerprint density at radius 1 is 0.825 bits per heavy atom. The van der Waals surface area contributed by atoms with E-state index < -0.39 is 22.1 Å². The summed E-state index contributed by atoms with van der Waals surface area (Å²) < 4.78 is 2.09. The number of rotatable bonds is 4. The van der Waals surface area contributed by atoms with E-state index in [2.05, 4.69) is 0 Å². The summed E-state index contributed by atoms with van der Waals surface area (Å²) in [4.78, 5) is 47.0. The average Bonchev–Trinajstić information content (AvgIpc) is 2.97. The molecule has 11 heteroatoms. The molecular weight excluding hydrogens is 512 g/mol. The van der Waals surface area contributed by atoms with E-state index >= 15 is 0 Å². The molecule has 0 saturated carbocycles. The number of nitrogens with two attached hydrogens (primary N) is 1.